The normalized spacial score (nSPS) is 12.1. The van der Waals surface area contributed by atoms with Crippen LogP contribution in [-0.4, -0.2) is 29.6 Å². The molecule has 0 aromatic rings. The van der Waals surface area contributed by atoms with E-state index in [9.17, 15) is 4.79 Å². The van der Waals surface area contributed by atoms with E-state index in [1.54, 1.807) is 0 Å². The minimum absolute atomic E-state index is 0.112. The second-order valence-electron chi connectivity index (χ2n) is 2.43. The van der Waals surface area contributed by atoms with Crippen LogP contribution in [0.5, 0.6) is 0 Å². The Labute approximate surface area is 70.4 Å². The monoisotopic (exact) mass is 180 g/mol. The van der Waals surface area contributed by atoms with Crippen molar-refractivity contribution in [3.05, 3.63) is 0 Å². The molecule has 0 radical (unpaired) electrons. The molecule has 0 saturated carbocycles. The second kappa shape index (κ2) is 5.36. The first kappa shape index (κ1) is 10.7. The standard InChI is InChI=1S/C6H14N4O2/c7-4(5(11)12)2-1-3-10-6(8)9/h4H,1-3,7H2,(H,11,12)(H4,8,9,10)/t4-/m0/s1/i1+1,2+1,3+1,4+1,5+1,6+1. The first-order valence-corrected chi connectivity index (χ1v) is 3.60. The summed E-state index contributed by atoms with van der Waals surface area (Å²) in [6.07, 6.45) is 0.975. The molecule has 6 heteroatoms. The lowest BCUT2D eigenvalue weighted by Crippen LogP contribution is -2.34. The molecule has 0 aromatic carbocycles. The maximum atomic E-state index is 10.2. The van der Waals surface area contributed by atoms with Crippen LogP contribution in [0.25, 0.3) is 0 Å². The van der Waals surface area contributed by atoms with Crippen molar-refractivity contribution in [3.63, 3.8) is 0 Å². The minimum atomic E-state index is -1.00. The van der Waals surface area contributed by atoms with Gasteiger partial charge in [0.05, 0.1) is 0 Å². The van der Waals surface area contributed by atoms with Crippen LogP contribution in [-0.2, 0) is 4.79 Å². The van der Waals surface area contributed by atoms with E-state index >= 15 is 0 Å². The van der Waals surface area contributed by atoms with Crippen molar-refractivity contribution in [3.8, 4) is 0 Å². The van der Waals surface area contributed by atoms with Gasteiger partial charge in [-0.05, 0) is 12.8 Å². The molecule has 6 nitrogen and oxygen atoms in total. The van der Waals surface area contributed by atoms with Crippen molar-refractivity contribution < 1.29 is 9.90 Å². The number of nitrogens with two attached hydrogens (primary N) is 2. The molecule has 0 aliphatic carbocycles. The number of carbonyl (C=O) groups is 1. The molecule has 0 aliphatic heterocycles. The van der Waals surface area contributed by atoms with Crippen molar-refractivity contribution in [2.75, 3.05) is 6.54 Å². The molecule has 0 spiro atoms. The molecule has 0 heterocycles. The van der Waals surface area contributed by atoms with Crippen LogP contribution in [0.4, 0.5) is 0 Å². The Morgan fingerprint density at radius 1 is 1.67 bits per heavy atom. The van der Waals surface area contributed by atoms with Gasteiger partial charge in [-0.3, -0.25) is 10.2 Å². The Hall–Kier alpha value is -1.30. The first-order chi connectivity index (χ1) is 5.54. The van der Waals surface area contributed by atoms with E-state index in [4.69, 9.17) is 22.0 Å². The predicted molar refractivity (Wildman–Crippen MR) is 44.8 cm³/mol. The van der Waals surface area contributed by atoms with Crippen molar-refractivity contribution in [2.45, 2.75) is 18.9 Å². The second-order valence-corrected chi connectivity index (χ2v) is 2.43. The summed E-state index contributed by atoms with van der Waals surface area (Å²) in [5, 5.41) is 17.7. The van der Waals surface area contributed by atoms with Crippen LogP contribution in [0.15, 0.2) is 0 Å². The fourth-order valence-corrected chi connectivity index (χ4v) is 0.669. The topological polar surface area (TPSA) is 125 Å². The molecule has 0 rings (SSSR count). The van der Waals surface area contributed by atoms with Crippen molar-refractivity contribution in [2.24, 2.45) is 11.5 Å². The lowest BCUT2D eigenvalue weighted by Gasteiger charge is -2.06. The number of carboxylic acids is 1. The quantitative estimate of drug-likeness (QED) is 0.155. The highest BCUT2D eigenvalue weighted by molar-refractivity contribution is 5.74. The number of guanidine groups is 1. The summed E-state index contributed by atoms with van der Waals surface area (Å²) in [7, 11) is 0. The van der Waals surface area contributed by atoms with E-state index < -0.39 is 12.0 Å². The van der Waals surface area contributed by atoms with E-state index in [1.807, 2.05) is 0 Å². The van der Waals surface area contributed by atoms with Gasteiger partial charge in [-0.15, -0.1) is 0 Å². The zero-order valence-electron chi connectivity index (χ0n) is 6.71. The SMILES string of the molecule is N=[13C](N)N[13CH2][13CH2][13CH2][13C@H](N)[13C](=O)O. The van der Waals surface area contributed by atoms with Crippen LogP contribution in [0.1, 0.15) is 12.8 Å². The summed E-state index contributed by atoms with van der Waals surface area (Å²) in [4.78, 5) is 10.2. The number of aliphatic carboxylic acids is 1. The van der Waals surface area contributed by atoms with E-state index in [-0.39, 0.29) is 5.96 Å². The molecule has 0 aliphatic rings. The van der Waals surface area contributed by atoms with Gasteiger partial charge in [0.2, 0.25) is 0 Å². The summed E-state index contributed by atoms with van der Waals surface area (Å²) in [5.74, 6) is -1.11. The Kier molecular flexibility index (Phi) is 4.78. The smallest absolute Gasteiger partial charge is 0.320 e. The highest BCUT2D eigenvalue weighted by Crippen LogP contribution is 1.92. The van der Waals surface area contributed by atoms with E-state index in [0.29, 0.717) is 19.4 Å². The van der Waals surface area contributed by atoms with Crippen molar-refractivity contribution in [1.82, 2.24) is 5.32 Å². The van der Waals surface area contributed by atoms with Gasteiger partial charge in [-0.25, -0.2) is 0 Å². The average Bonchev–Trinajstić information content (AvgIpc) is 1.97. The van der Waals surface area contributed by atoms with Crippen LogP contribution >= 0.6 is 0 Å². The molecule has 0 bridgehead atoms. The van der Waals surface area contributed by atoms with Gasteiger partial charge in [0, 0.05) is 6.54 Å². The highest BCUT2D eigenvalue weighted by Gasteiger charge is 2.09. The lowest BCUT2D eigenvalue weighted by molar-refractivity contribution is -0.138. The Bertz CT molecular complexity index is 171. The summed E-state index contributed by atoms with van der Waals surface area (Å²) >= 11 is 0. The summed E-state index contributed by atoms with van der Waals surface area (Å²) < 4.78 is 0. The van der Waals surface area contributed by atoms with E-state index in [2.05, 4.69) is 5.32 Å². The van der Waals surface area contributed by atoms with Gasteiger partial charge in [0.1, 0.15) is 6.04 Å². The van der Waals surface area contributed by atoms with Crippen molar-refractivity contribution >= 4 is 11.9 Å². The minimum Gasteiger partial charge on any atom is -0.480 e. The molecule has 0 saturated heterocycles. The summed E-state index contributed by atoms with van der Waals surface area (Å²) in [6, 6.07) is -0.821. The number of carboxylic acid groups (broad SMARTS) is 1. The lowest BCUT2D eigenvalue weighted by atomic mass is 11.1. The fraction of sp³-hybridized carbons (Fsp3) is 0.667. The number of hydrogen-bond acceptors (Lipinski definition) is 3. The zero-order chi connectivity index (χ0) is 9.56. The zero-order valence-corrected chi connectivity index (χ0v) is 6.71. The number of nitrogens with one attached hydrogen (secondary N) is 2. The molecule has 1 atom stereocenters. The molecular weight excluding hydrogens is 166 g/mol. The molecule has 0 fully saturated rings. The number of rotatable bonds is 5. The maximum Gasteiger partial charge on any atom is 0.320 e. The van der Waals surface area contributed by atoms with E-state index in [0.717, 1.165) is 0 Å². The summed E-state index contributed by atoms with van der Waals surface area (Å²) in [5.41, 5.74) is 10.2. The van der Waals surface area contributed by atoms with Gasteiger partial charge < -0.3 is 21.9 Å². The number of hydrogen-bond donors (Lipinski definition) is 5. The highest BCUT2D eigenvalue weighted by atomic mass is 16.5. The van der Waals surface area contributed by atoms with Gasteiger partial charge >= 0.3 is 5.97 Å². The Balaban J connectivity index is 3.31. The Morgan fingerprint density at radius 3 is 2.67 bits per heavy atom. The Morgan fingerprint density at radius 2 is 2.25 bits per heavy atom. The maximum absolute atomic E-state index is 10.2. The predicted octanol–water partition coefficient (Wildman–Crippen LogP) is -1.34. The molecule has 0 amide bonds. The molecule has 12 heavy (non-hydrogen) atoms. The molecular formula is C6H14N4O2. The van der Waals surface area contributed by atoms with Gasteiger partial charge in [-0.2, -0.15) is 0 Å². The largest absolute Gasteiger partial charge is 0.480 e. The molecule has 0 unspecified atom stereocenters. The third kappa shape index (κ3) is 5.48. The van der Waals surface area contributed by atoms with E-state index in [1.165, 1.54) is 0 Å². The van der Waals surface area contributed by atoms with Gasteiger partial charge in [-0.1, -0.05) is 0 Å². The third-order valence-electron chi connectivity index (χ3n) is 1.32. The molecule has 7 N–H and O–H groups in total. The van der Waals surface area contributed by atoms with Crippen LogP contribution < -0.4 is 16.8 Å². The average molecular weight is 180 g/mol. The van der Waals surface area contributed by atoms with Gasteiger partial charge in [0.25, 0.3) is 0 Å². The summed E-state index contributed by atoms with van der Waals surface area (Å²) in [6.45, 7) is 0.482. The van der Waals surface area contributed by atoms with Crippen LogP contribution in [0.2, 0.25) is 0 Å². The van der Waals surface area contributed by atoms with Crippen LogP contribution in [0, 0.1) is 5.41 Å². The molecule has 70 valence electrons. The van der Waals surface area contributed by atoms with Crippen molar-refractivity contribution in [1.29, 1.82) is 5.41 Å². The third-order valence-corrected chi connectivity index (χ3v) is 1.32. The van der Waals surface area contributed by atoms with Crippen LogP contribution in [0.3, 0.4) is 0 Å². The molecule has 0 aromatic heterocycles. The fourth-order valence-electron chi connectivity index (χ4n) is 0.669. The van der Waals surface area contributed by atoms with Gasteiger partial charge in [0.15, 0.2) is 5.96 Å². The first-order valence-electron chi connectivity index (χ1n) is 3.60.